The van der Waals surface area contributed by atoms with Gasteiger partial charge in [0.25, 0.3) is 0 Å². The van der Waals surface area contributed by atoms with Crippen molar-refractivity contribution in [2.75, 3.05) is 6.54 Å². The van der Waals surface area contributed by atoms with E-state index in [-0.39, 0.29) is 0 Å². The third-order valence-corrected chi connectivity index (χ3v) is 6.06. The maximum atomic E-state index is 3.74. The number of nitrogens with one attached hydrogen (secondary N) is 1. The summed E-state index contributed by atoms with van der Waals surface area (Å²) in [6.07, 6.45) is 5.00. The lowest BCUT2D eigenvalue weighted by atomic mass is 9.77. The number of fused-ring (bicyclic) bond motifs is 1. The van der Waals surface area contributed by atoms with Gasteiger partial charge in [0.2, 0.25) is 0 Å². The van der Waals surface area contributed by atoms with Gasteiger partial charge in [-0.15, -0.1) is 11.3 Å². The molecule has 1 heterocycles. The average Bonchev–Trinajstić information content (AvgIpc) is 2.91. The molecule has 3 rings (SSSR count). The Morgan fingerprint density at radius 1 is 1.29 bits per heavy atom. The van der Waals surface area contributed by atoms with E-state index in [0.29, 0.717) is 12.0 Å². The number of aryl methyl sites for hydroxylation is 1. The molecular weight excluding hydrogens is 342 g/mol. The molecule has 1 nitrogen and oxygen atoms in total. The van der Waals surface area contributed by atoms with Crippen LogP contribution in [0.5, 0.6) is 0 Å². The van der Waals surface area contributed by atoms with Crippen LogP contribution in [0.2, 0.25) is 0 Å². The van der Waals surface area contributed by atoms with Gasteiger partial charge in [0.05, 0.1) is 3.79 Å². The van der Waals surface area contributed by atoms with Crippen LogP contribution in [-0.2, 0) is 12.8 Å². The molecule has 0 fully saturated rings. The summed E-state index contributed by atoms with van der Waals surface area (Å²) >= 11 is 5.44. The second kappa shape index (κ2) is 7.08. The summed E-state index contributed by atoms with van der Waals surface area (Å²) in [4.78, 5) is 1.47. The summed E-state index contributed by atoms with van der Waals surface area (Å²) in [7, 11) is 0. The first-order valence-corrected chi connectivity index (χ1v) is 9.44. The van der Waals surface area contributed by atoms with Gasteiger partial charge < -0.3 is 5.32 Å². The minimum atomic E-state index is 0.544. The maximum Gasteiger partial charge on any atom is 0.0701 e. The van der Waals surface area contributed by atoms with Crippen LogP contribution in [0.15, 0.2) is 40.2 Å². The second-order valence-corrected chi connectivity index (χ2v) is 8.32. The molecule has 0 amide bonds. The molecule has 0 saturated carbocycles. The molecule has 2 aromatic rings. The fourth-order valence-corrected chi connectivity index (χ4v) is 5.05. The zero-order chi connectivity index (χ0) is 14.7. The van der Waals surface area contributed by atoms with Crippen molar-refractivity contribution in [3.63, 3.8) is 0 Å². The summed E-state index contributed by atoms with van der Waals surface area (Å²) in [5.41, 5.74) is 3.13. The van der Waals surface area contributed by atoms with E-state index in [0.717, 1.165) is 13.0 Å². The van der Waals surface area contributed by atoms with Crippen molar-refractivity contribution in [2.24, 2.45) is 0 Å². The van der Waals surface area contributed by atoms with Gasteiger partial charge in [-0.25, -0.2) is 0 Å². The molecule has 0 bridgehead atoms. The molecule has 1 aromatic heterocycles. The predicted molar refractivity (Wildman–Crippen MR) is 95.3 cm³/mol. The van der Waals surface area contributed by atoms with Crippen LogP contribution in [0.25, 0.3) is 0 Å². The summed E-state index contributed by atoms with van der Waals surface area (Å²) in [5.74, 6) is 0.649. The van der Waals surface area contributed by atoms with Crippen molar-refractivity contribution >= 4 is 27.3 Å². The van der Waals surface area contributed by atoms with Crippen LogP contribution in [0.3, 0.4) is 0 Å². The highest BCUT2D eigenvalue weighted by atomic mass is 79.9. The van der Waals surface area contributed by atoms with Crippen LogP contribution >= 0.6 is 27.3 Å². The number of hydrogen-bond donors (Lipinski definition) is 1. The van der Waals surface area contributed by atoms with Crippen molar-refractivity contribution in [3.05, 3.63) is 56.2 Å². The van der Waals surface area contributed by atoms with Crippen molar-refractivity contribution in [2.45, 2.75) is 44.6 Å². The van der Waals surface area contributed by atoms with Crippen LogP contribution < -0.4 is 5.32 Å². The predicted octanol–water partition coefficient (Wildman–Crippen LogP) is 5.15. The molecule has 1 N–H and O–H groups in total. The lowest BCUT2D eigenvalue weighted by molar-refractivity contribution is 0.397. The second-order valence-electron chi connectivity index (χ2n) is 5.77. The zero-order valence-corrected chi connectivity index (χ0v) is 14.8. The zero-order valence-electron chi connectivity index (χ0n) is 12.4. The minimum absolute atomic E-state index is 0.544. The molecule has 0 saturated heterocycles. The number of hydrogen-bond acceptors (Lipinski definition) is 2. The molecule has 0 aliphatic heterocycles. The highest BCUT2D eigenvalue weighted by Gasteiger charge is 2.27. The van der Waals surface area contributed by atoms with Gasteiger partial charge in [0, 0.05) is 10.9 Å². The number of benzene rings is 1. The van der Waals surface area contributed by atoms with E-state index >= 15 is 0 Å². The summed E-state index contributed by atoms with van der Waals surface area (Å²) in [6, 6.07) is 14.0. The first kappa shape index (κ1) is 15.3. The third kappa shape index (κ3) is 3.58. The Balaban J connectivity index is 1.84. The highest BCUT2D eigenvalue weighted by Crippen LogP contribution is 2.36. The van der Waals surface area contributed by atoms with E-state index in [4.69, 9.17) is 0 Å². The van der Waals surface area contributed by atoms with Gasteiger partial charge in [0.1, 0.15) is 0 Å². The normalized spacial score (nSPS) is 19.2. The van der Waals surface area contributed by atoms with E-state index in [1.165, 1.54) is 27.9 Å². The van der Waals surface area contributed by atoms with Gasteiger partial charge in [-0.05, 0) is 77.3 Å². The standard InChI is InChI=1S/C18H22BrNS/c1-2-20-17(12-14-10-11-18(19)21-14)16-9-5-7-13-6-3-4-8-15(13)16/h3-4,6,8,10-11,16-17,20H,2,5,7,9,12H2,1H3. The Labute approximate surface area is 139 Å². The van der Waals surface area contributed by atoms with Gasteiger partial charge in [-0.2, -0.15) is 0 Å². The Bertz CT molecular complexity index is 592. The SMILES string of the molecule is CCNC(Cc1ccc(Br)s1)C1CCCc2ccccc21. The average molecular weight is 364 g/mol. The summed E-state index contributed by atoms with van der Waals surface area (Å²) < 4.78 is 1.23. The van der Waals surface area contributed by atoms with Gasteiger partial charge in [0.15, 0.2) is 0 Å². The minimum Gasteiger partial charge on any atom is -0.313 e. The highest BCUT2D eigenvalue weighted by molar-refractivity contribution is 9.11. The van der Waals surface area contributed by atoms with E-state index in [9.17, 15) is 0 Å². The Morgan fingerprint density at radius 2 is 2.14 bits per heavy atom. The topological polar surface area (TPSA) is 12.0 Å². The quantitative estimate of drug-likeness (QED) is 0.774. The van der Waals surface area contributed by atoms with E-state index in [1.807, 2.05) is 11.3 Å². The molecule has 1 aliphatic rings. The Kier molecular flexibility index (Phi) is 5.15. The lowest BCUT2D eigenvalue weighted by Crippen LogP contribution is -2.38. The molecule has 1 aliphatic carbocycles. The lowest BCUT2D eigenvalue weighted by Gasteiger charge is -2.33. The summed E-state index contributed by atoms with van der Waals surface area (Å²) in [6.45, 7) is 3.25. The third-order valence-electron chi connectivity index (χ3n) is 4.42. The summed E-state index contributed by atoms with van der Waals surface area (Å²) in [5, 5.41) is 3.74. The van der Waals surface area contributed by atoms with Crippen molar-refractivity contribution in [3.8, 4) is 0 Å². The smallest absolute Gasteiger partial charge is 0.0701 e. The van der Waals surface area contributed by atoms with Crippen molar-refractivity contribution in [1.82, 2.24) is 5.32 Å². The fourth-order valence-electron chi connectivity index (χ4n) is 3.51. The molecule has 0 spiro atoms. The first-order valence-electron chi connectivity index (χ1n) is 7.83. The van der Waals surface area contributed by atoms with E-state index in [1.54, 1.807) is 11.1 Å². The molecule has 112 valence electrons. The van der Waals surface area contributed by atoms with Gasteiger partial charge in [-0.1, -0.05) is 31.2 Å². The number of thiophene rings is 1. The first-order chi connectivity index (χ1) is 10.3. The number of halogens is 1. The van der Waals surface area contributed by atoms with Crippen LogP contribution in [0.4, 0.5) is 0 Å². The molecule has 0 radical (unpaired) electrons. The van der Waals surface area contributed by atoms with E-state index in [2.05, 4.69) is 64.6 Å². The monoisotopic (exact) mass is 363 g/mol. The molecule has 1 aromatic carbocycles. The molecular formula is C18H22BrNS. The number of likely N-dealkylation sites (N-methyl/N-ethyl adjacent to an activating group) is 1. The van der Waals surface area contributed by atoms with Crippen LogP contribution in [0.1, 0.15) is 41.7 Å². The van der Waals surface area contributed by atoms with Crippen molar-refractivity contribution in [1.29, 1.82) is 0 Å². The van der Waals surface area contributed by atoms with Crippen LogP contribution in [-0.4, -0.2) is 12.6 Å². The molecule has 2 atom stereocenters. The van der Waals surface area contributed by atoms with Crippen molar-refractivity contribution < 1.29 is 0 Å². The molecule has 21 heavy (non-hydrogen) atoms. The molecule has 3 heteroatoms. The van der Waals surface area contributed by atoms with Crippen LogP contribution in [0, 0.1) is 0 Å². The maximum absolute atomic E-state index is 3.74. The number of rotatable bonds is 5. The largest absolute Gasteiger partial charge is 0.313 e. The molecule has 2 unspecified atom stereocenters. The Morgan fingerprint density at radius 3 is 2.90 bits per heavy atom. The van der Waals surface area contributed by atoms with E-state index < -0.39 is 0 Å². The fraction of sp³-hybridized carbons (Fsp3) is 0.444. The van der Waals surface area contributed by atoms with Gasteiger partial charge in [-0.3, -0.25) is 0 Å². The Hall–Kier alpha value is -0.640. The van der Waals surface area contributed by atoms with Gasteiger partial charge >= 0.3 is 0 Å².